The van der Waals surface area contributed by atoms with Gasteiger partial charge in [0.1, 0.15) is 5.82 Å². The third kappa shape index (κ3) is 3.92. The molecular weight excluding hydrogens is 415 g/mol. The van der Waals surface area contributed by atoms with E-state index in [2.05, 4.69) is 24.6 Å². The summed E-state index contributed by atoms with van der Waals surface area (Å²) >= 11 is 0. The Balaban J connectivity index is 1.12. The molecule has 32 heavy (non-hydrogen) atoms. The van der Waals surface area contributed by atoms with Crippen molar-refractivity contribution in [3.05, 3.63) is 65.7 Å². The molecule has 0 bridgehead atoms. The molecule has 2 atom stereocenters. The fourth-order valence-electron chi connectivity index (χ4n) is 5.05. The minimum Gasteiger partial charge on any atom is -0.314 e. The largest absolute Gasteiger partial charge is 0.417 e. The van der Waals surface area contributed by atoms with Crippen LogP contribution in [0.3, 0.4) is 0 Å². The topological polar surface area (TPSA) is 46.8 Å². The molecule has 5 rings (SSSR count). The zero-order valence-electron chi connectivity index (χ0n) is 18.0. The number of alkyl halides is 3. The number of hydrogen-bond acceptors (Lipinski definition) is 4. The lowest BCUT2D eigenvalue weighted by molar-refractivity contribution is -0.137. The number of likely N-dealkylation sites (tertiary alicyclic amines) is 1. The van der Waals surface area contributed by atoms with Gasteiger partial charge in [0.15, 0.2) is 5.82 Å². The van der Waals surface area contributed by atoms with E-state index >= 15 is 0 Å². The Hall–Kier alpha value is -2.74. The number of piperidine rings is 1. The van der Waals surface area contributed by atoms with E-state index < -0.39 is 11.7 Å². The highest BCUT2D eigenvalue weighted by atomic mass is 19.4. The van der Waals surface area contributed by atoms with Crippen LogP contribution < -0.4 is 0 Å². The number of aryl methyl sites for hydroxylation is 1. The van der Waals surface area contributed by atoms with Crippen molar-refractivity contribution in [3.63, 3.8) is 0 Å². The minimum absolute atomic E-state index is 0.0433. The molecular formula is C24H26F3N5. The van der Waals surface area contributed by atoms with Crippen LogP contribution in [0, 0.1) is 5.92 Å². The number of fused-ring (bicyclic) bond motifs is 1. The van der Waals surface area contributed by atoms with E-state index in [1.807, 2.05) is 37.4 Å². The molecule has 0 spiro atoms. The maximum absolute atomic E-state index is 12.8. The van der Waals surface area contributed by atoms with Crippen molar-refractivity contribution in [2.45, 2.75) is 37.3 Å². The van der Waals surface area contributed by atoms with Gasteiger partial charge in [0, 0.05) is 49.4 Å². The summed E-state index contributed by atoms with van der Waals surface area (Å²) in [5.74, 6) is 2.38. The first-order valence-electron chi connectivity index (χ1n) is 11.1. The van der Waals surface area contributed by atoms with Crippen molar-refractivity contribution in [2.75, 3.05) is 19.6 Å². The highest BCUT2D eigenvalue weighted by Gasteiger charge is 2.61. The Morgan fingerprint density at radius 1 is 1.06 bits per heavy atom. The summed E-state index contributed by atoms with van der Waals surface area (Å²) < 4.78 is 40.5. The SMILES string of the molecule is Cn1c(CCCCN2C[C@@H]3C[C@@]3(c3ccc(C(F)(F)F)cn3)C2)nnc1-c1ccccc1. The molecule has 0 N–H and O–H groups in total. The average Bonchev–Trinajstić information content (AvgIpc) is 3.16. The maximum atomic E-state index is 12.8. The fourth-order valence-corrected chi connectivity index (χ4v) is 5.05. The molecule has 2 fully saturated rings. The molecule has 0 radical (unpaired) electrons. The predicted molar refractivity (Wildman–Crippen MR) is 115 cm³/mol. The highest BCUT2D eigenvalue weighted by molar-refractivity contribution is 5.54. The van der Waals surface area contributed by atoms with Gasteiger partial charge >= 0.3 is 6.18 Å². The van der Waals surface area contributed by atoms with Gasteiger partial charge in [-0.25, -0.2) is 0 Å². The monoisotopic (exact) mass is 441 g/mol. The molecule has 168 valence electrons. The minimum atomic E-state index is -4.33. The Morgan fingerprint density at radius 3 is 2.59 bits per heavy atom. The van der Waals surface area contributed by atoms with Gasteiger partial charge in [-0.15, -0.1) is 10.2 Å². The van der Waals surface area contributed by atoms with Gasteiger partial charge in [-0.3, -0.25) is 4.98 Å². The molecule has 1 saturated carbocycles. The molecule has 1 saturated heterocycles. The summed E-state index contributed by atoms with van der Waals surface area (Å²) in [5, 5.41) is 8.71. The second-order valence-electron chi connectivity index (χ2n) is 9.04. The molecule has 0 unspecified atom stereocenters. The number of unbranched alkanes of at least 4 members (excludes halogenated alkanes) is 1. The summed E-state index contributed by atoms with van der Waals surface area (Å²) in [7, 11) is 2.01. The third-order valence-electron chi connectivity index (χ3n) is 6.94. The van der Waals surface area contributed by atoms with E-state index in [9.17, 15) is 13.2 Å². The number of nitrogens with zero attached hydrogens (tertiary/aromatic N) is 5. The quantitative estimate of drug-likeness (QED) is 0.507. The van der Waals surface area contributed by atoms with Crippen molar-refractivity contribution in [1.82, 2.24) is 24.6 Å². The summed E-state index contributed by atoms with van der Waals surface area (Å²) in [4.78, 5) is 6.61. The smallest absolute Gasteiger partial charge is 0.314 e. The fraction of sp³-hybridized carbons (Fsp3) is 0.458. The van der Waals surface area contributed by atoms with Crippen molar-refractivity contribution in [3.8, 4) is 11.4 Å². The predicted octanol–water partition coefficient (Wildman–Crippen LogP) is 4.49. The van der Waals surface area contributed by atoms with Crippen LogP contribution in [0.5, 0.6) is 0 Å². The van der Waals surface area contributed by atoms with Crippen molar-refractivity contribution < 1.29 is 13.2 Å². The first-order valence-corrected chi connectivity index (χ1v) is 11.1. The van der Waals surface area contributed by atoms with Gasteiger partial charge in [0.2, 0.25) is 0 Å². The summed E-state index contributed by atoms with van der Waals surface area (Å²) in [6.07, 6.45) is 0.623. The first-order chi connectivity index (χ1) is 15.4. The Morgan fingerprint density at radius 2 is 1.88 bits per heavy atom. The standard InChI is InChI=1S/C24H26F3N5/c1-31-21(29-30-22(31)17-7-3-2-4-8-17)9-5-6-12-32-15-19-13-23(19,16-32)20-11-10-18(14-28-20)24(25,26)27/h2-4,7-8,10-11,14,19H,5-6,9,12-13,15-16H2,1H3/t19-,23+/m0/s1. The molecule has 3 heterocycles. The van der Waals surface area contributed by atoms with Gasteiger partial charge in [-0.1, -0.05) is 30.3 Å². The van der Waals surface area contributed by atoms with E-state index in [1.165, 1.54) is 6.07 Å². The lowest BCUT2D eigenvalue weighted by atomic mass is 10.00. The van der Waals surface area contributed by atoms with Crippen LogP contribution in [0.1, 0.15) is 36.3 Å². The van der Waals surface area contributed by atoms with Gasteiger partial charge in [0.05, 0.1) is 5.56 Å². The lowest BCUT2D eigenvalue weighted by Crippen LogP contribution is -2.28. The number of pyridine rings is 1. The van der Waals surface area contributed by atoms with E-state index in [0.717, 1.165) is 74.4 Å². The summed E-state index contributed by atoms with van der Waals surface area (Å²) in [6, 6.07) is 12.8. The Bertz CT molecular complexity index is 1080. The number of hydrogen-bond donors (Lipinski definition) is 0. The molecule has 8 heteroatoms. The van der Waals surface area contributed by atoms with Crippen LogP contribution in [0.25, 0.3) is 11.4 Å². The van der Waals surface area contributed by atoms with Gasteiger partial charge < -0.3 is 9.47 Å². The highest BCUT2D eigenvalue weighted by Crippen LogP contribution is 2.58. The van der Waals surface area contributed by atoms with Gasteiger partial charge in [-0.2, -0.15) is 13.2 Å². The number of aromatic nitrogens is 4. The summed E-state index contributed by atoms with van der Waals surface area (Å²) in [6.45, 7) is 2.88. The molecule has 3 aromatic rings. The zero-order chi connectivity index (χ0) is 22.3. The van der Waals surface area contributed by atoms with Crippen LogP contribution in [-0.2, 0) is 25.1 Å². The average molecular weight is 442 g/mol. The van der Waals surface area contributed by atoms with E-state index in [0.29, 0.717) is 5.92 Å². The molecule has 0 amide bonds. The van der Waals surface area contributed by atoms with Crippen molar-refractivity contribution in [2.24, 2.45) is 13.0 Å². The van der Waals surface area contributed by atoms with E-state index in [4.69, 9.17) is 0 Å². The van der Waals surface area contributed by atoms with Crippen LogP contribution in [0.15, 0.2) is 48.7 Å². The van der Waals surface area contributed by atoms with Crippen LogP contribution in [0.4, 0.5) is 13.2 Å². The van der Waals surface area contributed by atoms with Gasteiger partial charge in [0.25, 0.3) is 0 Å². The number of halogens is 3. The van der Waals surface area contributed by atoms with Gasteiger partial charge in [-0.05, 0) is 43.9 Å². The number of benzene rings is 1. The molecule has 2 aliphatic rings. The van der Waals surface area contributed by atoms with Crippen LogP contribution >= 0.6 is 0 Å². The molecule has 5 nitrogen and oxygen atoms in total. The Kier molecular flexibility index (Phi) is 5.28. The molecule has 2 aromatic heterocycles. The molecule has 1 aliphatic heterocycles. The van der Waals surface area contributed by atoms with E-state index in [-0.39, 0.29) is 5.41 Å². The molecule has 1 aromatic carbocycles. The molecule has 1 aliphatic carbocycles. The van der Waals surface area contributed by atoms with Crippen molar-refractivity contribution >= 4 is 0 Å². The van der Waals surface area contributed by atoms with Crippen LogP contribution in [-0.4, -0.2) is 44.3 Å². The summed E-state index contributed by atoms with van der Waals surface area (Å²) in [5.41, 5.74) is 1.15. The zero-order valence-corrected chi connectivity index (χ0v) is 18.0. The Labute approximate surface area is 185 Å². The lowest BCUT2D eigenvalue weighted by Gasteiger charge is -2.20. The second-order valence-corrected chi connectivity index (χ2v) is 9.04. The van der Waals surface area contributed by atoms with Crippen LogP contribution in [0.2, 0.25) is 0 Å². The number of rotatable bonds is 7. The third-order valence-corrected chi connectivity index (χ3v) is 6.94. The normalized spacial score (nSPS) is 22.8. The van der Waals surface area contributed by atoms with E-state index in [1.54, 1.807) is 6.07 Å². The first kappa shape index (κ1) is 21.1. The van der Waals surface area contributed by atoms with Crippen molar-refractivity contribution in [1.29, 1.82) is 0 Å². The second kappa shape index (κ2) is 7.99. The maximum Gasteiger partial charge on any atom is 0.417 e.